The maximum atomic E-state index is 13.2. The van der Waals surface area contributed by atoms with Crippen LogP contribution in [0.5, 0.6) is 0 Å². The normalized spacial score (nSPS) is 11.4. The zero-order valence-electron chi connectivity index (χ0n) is 11.5. The molecule has 0 unspecified atom stereocenters. The molecule has 118 valence electrons. The predicted molar refractivity (Wildman–Crippen MR) is 78.5 cm³/mol. The Hall–Kier alpha value is -2.81. The molecule has 0 fully saturated rings. The number of aromatic nitrogens is 3. The lowest BCUT2D eigenvalue weighted by Gasteiger charge is -2.11. The van der Waals surface area contributed by atoms with Gasteiger partial charge in [-0.05, 0) is 30.3 Å². The number of hydrogen-bond donors (Lipinski definition) is 1. The molecular formula is C14H10F2N4O2S. The van der Waals surface area contributed by atoms with Crippen LogP contribution in [-0.4, -0.2) is 23.2 Å². The van der Waals surface area contributed by atoms with Crippen molar-refractivity contribution < 1.29 is 17.2 Å². The number of hydrogen-bond acceptors (Lipinski definition) is 4. The third kappa shape index (κ3) is 3.19. The third-order valence-electron chi connectivity index (χ3n) is 2.90. The van der Waals surface area contributed by atoms with Gasteiger partial charge in [0, 0.05) is 24.7 Å². The fourth-order valence-electron chi connectivity index (χ4n) is 1.94. The first kappa shape index (κ1) is 15.1. The van der Waals surface area contributed by atoms with Crippen LogP contribution < -0.4 is 4.72 Å². The summed E-state index contributed by atoms with van der Waals surface area (Å²) in [6.07, 6.45) is 4.56. The van der Waals surface area contributed by atoms with Gasteiger partial charge in [-0.2, -0.15) is 5.10 Å². The van der Waals surface area contributed by atoms with Gasteiger partial charge in [-0.25, -0.2) is 26.9 Å². The molecule has 0 amide bonds. The van der Waals surface area contributed by atoms with Gasteiger partial charge in [0.25, 0.3) is 10.0 Å². The van der Waals surface area contributed by atoms with E-state index in [0.717, 1.165) is 12.1 Å². The molecule has 2 heterocycles. The highest BCUT2D eigenvalue weighted by Gasteiger charge is 2.19. The predicted octanol–water partition coefficient (Wildman–Crippen LogP) is 2.35. The van der Waals surface area contributed by atoms with E-state index >= 15 is 0 Å². The van der Waals surface area contributed by atoms with Crippen LogP contribution in [0, 0.1) is 11.6 Å². The molecular weight excluding hydrogens is 326 g/mol. The van der Waals surface area contributed by atoms with Gasteiger partial charge in [0.15, 0.2) is 5.82 Å². The summed E-state index contributed by atoms with van der Waals surface area (Å²) in [6.45, 7) is 0. The van der Waals surface area contributed by atoms with Crippen LogP contribution >= 0.6 is 0 Å². The van der Waals surface area contributed by atoms with E-state index in [1.165, 1.54) is 29.2 Å². The van der Waals surface area contributed by atoms with Crippen LogP contribution in [0.15, 0.2) is 59.9 Å². The summed E-state index contributed by atoms with van der Waals surface area (Å²) in [4.78, 5) is 3.54. The van der Waals surface area contributed by atoms with Crippen molar-refractivity contribution in [3.05, 3.63) is 66.6 Å². The van der Waals surface area contributed by atoms with Gasteiger partial charge in [-0.1, -0.05) is 0 Å². The number of rotatable bonds is 4. The Morgan fingerprint density at radius 3 is 2.43 bits per heavy atom. The van der Waals surface area contributed by atoms with Gasteiger partial charge >= 0.3 is 0 Å². The SMILES string of the molecule is O=S(=O)(Nc1cccnc1-n1cccn1)c1cc(F)cc(F)c1. The van der Waals surface area contributed by atoms with E-state index in [0.29, 0.717) is 6.07 Å². The summed E-state index contributed by atoms with van der Waals surface area (Å²) in [6, 6.07) is 6.70. The lowest BCUT2D eigenvalue weighted by atomic mass is 10.3. The average molecular weight is 336 g/mol. The molecule has 2 aromatic heterocycles. The highest BCUT2D eigenvalue weighted by molar-refractivity contribution is 7.92. The van der Waals surface area contributed by atoms with Crippen molar-refractivity contribution in [3.8, 4) is 5.82 Å². The van der Waals surface area contributed by atoms with Crippen molar-refractivity contribution in [3.63, 3.8) is 0 Å². The second-order valence-electron chi connectivity index (χ2n) is 4.54. The zero-order chi connectivity index (χ0) is 16.4. The molecule has 0 bridgehead atoms. The Kier molecular flexibility index (Phi) is 3.78. The number of nitrogens with zero attached hydrogens (tertiary/aromatic N) is 3. The summed E-state index contributed by atoms with van der Waals surface area (Å²) in [7, 11) is -4.18. The Balaban J connectivity index is 2.02. The molecule has 3 rings (SSSR count). The molecule has 0 radical (unpaired) electrons. The van der Waals surface area contributed by atoms with Crippen LogP contribution in [-0.2, 0) is 10.0 Å². The maximum Gasteiger partial charge on any atom is 0.262 e. The lowest BCUT2D eigenvalue weighted by Crippen LogP contribution is -2.16. The highest BCUT2D eigenvalue weighted by atomic mass is 32.2. The molecule has 1 aromatic carbocycles. The van der Waals surface area contributed by atoms with E-state index in [1.807, 2.05) is 0 Å². The van der Waals surface area contributed by atoms with Crippen molar-refractivity contribution in [2.45, 2.75) is 4.90 Å². The second-order valence-corrected chi connectivity index (χ2v) is 6.22. The number of benzene rings is 1. The molecule has 3 aromatic rings. The number of halogens is 2. The molecule has 0 spiro atoms. The fraction of sp³-hybridized carbons (Fsp3) is 0. The van der Waals surface area contributed by atoms with E-state index in [-0.39, 0.29) is 11.5 Å². The van der Waals surface area contributed by atoms with Crippen LogP contribution in [0.1, 0.15) is 0 Å². The van der Waals surface area contributed by atoms with Gasteiger partial charge < -0.3 is 0 Å². The van der Waals surface area contributed by atoms with Crippen molar-refractivity contribution in [2.75, 3.05) is 4.72 Å². The Morgan fingerprint density at radius 2 is 1.78 bits per heavy atom. The van der Waals surface area contributed by atoms with Gasteiger partial charge in [0.1, 0.15) is 11.6 Å². The zero-order valence-corrected chi connectivity index (χ0v) is 12.3. The van der Waals surface area contributed by atoms with E-state index in [4.69, 9.17) is 0 Å². The first-order valence-corrected chi connectivity index (χ1v) is 7.88. The standard InChI is InChI=1S/C14H10F2N4O2S/c15-10-7-11(16)9-12(8-10)23(21,22)19-13-3-1-4-17-14(13)20-6-2-5-18-20/h1-9,19H. The quantitative estimate of drug-likeness (QED) is 0.793. The van der Waals surface area contributed by atoms with E-state index in [2.05, 4.69) is 14.8 Å². The number of sulfonamides is 1. The number of nitrogens with one attached hydrogen (secondary N) is 1. The Morgan fingerprint density at radius 1 is 1.04 bits per heavy atom. The molecule has 23 heavy (non-hydrogen) atoms. The third-order valence-corrected chi connectivity index (χ3v) is 4.24. The van der Waals surface area contributed by atoms with Gasteiger partial charge in [-0.15, -0.1) is 0 Å². The first-order chi connectivity index (χ1) is 11.0. The summed E-state index contributed by atoms with van der Waals surface area (Å²) in [5.41, 5.74) is 0.126. The molecule has 0 aliphatic carbocycles. The molecule has 0 aliphatic heterocycles. The summed E-state index contributed by atoms with van der Waals surface area (Å²) >= 11 is 0. The molecule has 6 nitrogen and oxygen atoms in total. The topological polar surface area (TPSA) is 76.9 Å². The number of pyridine rings is 1. The average Bonchev–Trinajstić information content (AvgIpc) is 3.00. The molecule has 1 N–H and O–H groups in total. The molecule has 9 heteroatoms. The largest absolute Gasteiger partial charge is 0.276 e. The van der Waals surface area contributed by atoms with Crippen molar-refractivity contribution in [1.82, 2.24) is 14.8 Å². The highest BCUT2D eigenvalue weighted by Crippen LogP contribution is 2.22. The summed E-state index contributed by atoms with van der Waals surface area (Å²) in [5.74, 6) is -1.73. The molecule has 0 aliphatic rings. The molecule has 0 saturated carbocycles. The summed E-state index contributed by atoms with van der Waals surface area (Å²) < 4.78 is 54.8. The maximum absolute atomic E-state index is 13.2. The van der Waals surface area contributed by atoms with Gasteiger partial charge in [0.05, 0.1) is 10.6 Å². The molecule has 0 atom stereocenters. The summed E-state index contributed by atoms with van der Waals surface area (Å²) in [5, 5.41) is 3.98. The lowest BCUT2D eigenvalue weighted by molar-refractivity contribution is 0.568. The monoisotopic (exact) mass is 336 g/mol. The van der Waals surface area contributed by atoms with Crippen LogP contribution in [0.3, 0.4) is 0 Å². The Labute approximate surface area is 130 Å². The second kappa shape index (κ2) is 5.76. The Bertz CT molecular complexity index is 923. The van der Waals surface area contributed by atoms with Crippen LogP contribution in [0.25, 0.3) is 5.82 Å². The smallest absolute Gasteiger partial charge is 0.262 e. The minimum atomic E-state index is -4.18. The van der Waals surface area contributed by atoms with Crippen molar-refractivity contribution in [2.24, 2.45) is 0 Å². The minimum absolute atomic E-state index is 0.126. The van der Waals surface area contributed by atoms with Crippen LogP contribution in [0.2, 0.25) is 0 Å². The van der Waals surface area contributed by atoms with Gasteiger partial charge in [0.2, 0.25) is 0 Å². The van der Waals surface area contributed by atoms with E-state index in [1.54, 1.807) is 12.3 Å². The van der Waals surface area contributed by atoms with Crippen LogP contribution in [0.4, 0.5) is 14.5 Å². The first-order valence-electron chi connectivity index (χ1n) is 6.40. The number of anilines is 1. The molecule has 0 saturated heterocycles. The van der Waals surface area contributed by atoms with E-state index in [9.17, 15) is 17.2 Å². The van der Waals surface area contributed by atoms with Gasteiger partial charge in [-0.3, -0.25) is 4.72 Å². The van der Waals surface area contributed by atoms with Crippen molar-refractivity contribution in [1.29, 1.82) is 0 Å². The fourth-order valence-corrected chi connectivity index (χ4v) is 3.04. The van der Waals surface area contributed by atoms with Crippen molar-refractivity contribution >= 4 is 15.7 Å². The van der Waals surface area contributed by atoms with E-state index < -0.39 is 26.6 Å². The minimum Gasteiger partial charge on any atom is -0.276 e.